The van der Waals surface area contributed by atoms with Crippen LogP contribution in [0.3, 0.4) is 0 Å². The topological polar surface area (TPSA) is 20.2 Å². The van der Waals surface area contributed by atoms with E-state index in [1.807, 2.05) is 6.92 Å². The van der Waals surface area contributed by atoms with Gasteiger partial charge in [0.1, 0.15) is 8.07 Å². The van der Waals surface area contributed by atoms with Gasteiger partial charge in [-0.05, 0) is 19.8 Å². The summed E-state index contributed by atoms with van der Waals surface area (Å²) in [5.74, 6) is 3.18. The number of aliphatic hydroxyl groups excluding tert-OH is 1. The van der Waals surface area contributed by atoms with Gasteiger partial charge in [0.2, 0.25) is 0 Å². The van der Waals surface area contributed by atoms with E-state index in [1.165, 1.54) is 0 Å². The molecule has 1 atom stereocenters. The molecule has 0 bridgehead atoms. The highest BCUT2D eigenvalue weighted by molar-refractivity contribution is 6.83. The Morgan fingerprint density at radius 2 is 1.92 bits per heavy atom. The largest absolute Gasteiger partial charge is 0.393 e. The fourth-order valence-electron chi connectivity index (χ4n) is 0.814. The number of hydrogen-bond acceptors (Lipinski definition) is 1. The predicted molar refractivity (Wildman–Crippen MR) is 56.7 cm³/mol. The van der Waals surface area contributed by atoms with E-state index >= 15 is 0 Å². The lowest BCUT2D eigenvalue weighted by Gasteiger charge is -2.03. The van der Waals surface area contributed by atoms with Crippen LogP contribution in [-0.2, 0) is 0 Å². The second-order valence-corrected chi connectivity index (χ2v) is 9.04. The summed E-state index contributed by atoms with van der Waals surface area (Å²) in [6, 6.07) is 0. The molecule has 0 spiro atoms. The van der Waals surface area contributed by atoms with Gasteiger partial charge in [0.25, 0.3) is 0 Å². The van der Waals surface area contributed by atoms with Crippen molar-refractivity contribution in [3.8, 4) is 11.5 Å². The van der Waals surface area contributed by atoms with Crippen LogP contribution in [0, 0.1) is 11.5 Å². The molecule has 0 rings (SSSR count). The van der Waals surface area contributed by atoms with Crippen LogP contribution >= 0.6 is 0 Å². The molecule has 0 unspecified atom stereocenters. The normalized spacial score (nSPS) is 13.4. The van der Waals surface area contributed by atoms with Gasteiger partial charge in [-0.1, -0.05) is 19.6 Å². The van der Waals surface area contributed by atoms with E-state index < -0.39 is 8.07 Å². The van der Waals surface area contributed by atoms with Gasteiger partial charge in [-0.25, -0.2) is 0 Å². The van der Waals surface area contributed by atoms with Crippen molar-refractivity contribution in [2.45, 2.75) is 51.9 Å². The van der Waals surface area contributed by atoms with Crippen molar-refractivity contribution in [2.24, 2.45) is 0 Å². The molecular formula is C10H20OSi. The van der Waals surface area contributed by atoms with Crippen molar-refractivity contribution >= 4 is 8.07 Å². The molecule has 1 N–H and O–H groups in total. The lowest BCUT2D eigenvalue weighted by Crippen LogP contribution is -2.16. The van der Waals surface area contributed by atoms with Crippen LogP contribution < -0.4 is 0 Å². The third-order valence-corrected chi connectivity index (χ3v) is 2.31. The molecule has 70 valence electrons. The van der Waals surface area contributed by atoms with E-state index in [0.717, 1.165) is 19.3 Å². The van der Waals surface area contributed by atoms with Crippen LogP contribution in [0.2, 0.25) is 19.6 Å². The Balaban J connectivity index is 3.47. The second-order valence-electron chi connectivity index (χ2n) is 4.29. The quantitative estimate of drug-likeness (QED) is 0.406. The van der Waals surface area contributed by atoms with Gasteiger partial charge in [0.15, 0.2) is 0 Å². The molecule has 12 heavy (non-hydrogen) atoms. The molecular weight excluding hydrogens is 164 g/mol. The van der Waals surface area contributed by atoms with Crippen molar-refractivity contribution < 1.29 is 5.11 Å². The molecule has 0 aliphatic rings. The number of hydrogen-bond donors (Lipinski definition) is 1. The molecule has 0 heterocycles. The van der Waals surface area contributed by atoms with E-state index in [2.05, 4.69) is 31.1 Å². The highest BCUT2D eigenvalue weighted by atomic mass is 28.3. The van der Waals surface area contributed by atoms with Gasteiger partial charge >= 0.3 is 0 Å². The summed E-state index contributed by atoms with van der Waals surface area (Å²) in [7, 11) is -1.16. The van der Waals surface area contributed by atoms with Gasteiger partial charge in [-0.3, -0.25) is 0 Å². The Bertz CT molecular complexity index is 169. The van der Waals surface area contributed by atoms with Crippen LogP contribution in [0.1, 0.15) is 26.2 Å². The van der Waals surface area contributed by atoms with Gasteiger partial charge in [-0.2, -0.15) is 0 Å². The molecule has 0 aliphatic carbocycles. The van der Waals surface area contributed by atoms with Crippen molar-refractivity contribution in [1.29, 1.82) is 0 Å². The second kappa shape index (κ2) is 5.39. The predicted octanol–water partition coefficient (Wildman–Crippen LogP) is 2.42. The van der Waals surface area contributed by atoms with E-state index in [-0.39, 0.29) is 6.10 Å². The fraction of sp³-hybridized carbons (Fsp3) is 0.800. The molecule has 1 nitrogen and oxygen atoms in total. The van der Waals surface area contributed by atoms with Crippen molar-refractivity contribution in [3.05, 3.63) is 0 Å². The van der Waals surface area contributed by atoms with Crippen LogP contribution in [0.15, 0.2) is 0 Å². The van der Waals surface area contributed by atoms with Crippen molar-refractivity contribution in [1.82, 2.24) is 0 Å². The lowest BCUT2D eigenvalue weighted by molar-refractivity contribution is 0.182. The van der Waals surface area contributed by atoms with Crippen LogP contribution in [-0.4, -0.2) is 19.3 Å². The minimum absolute atomic E-state index is 0.168. The summed E-state index contributed by atoms with van der Waals surface area (Å²) in [4.78, 5) is 0. The maximum atomic E-state index is 8.97. The third kappa shape index (κ3) is 9.74. The Kier molecular flexibility index (Phi) is 5.28. The molecule has 0 fully saturated rings. The number of unbranched alkanes of at least 4 members (excludes halogenated alkanes) is 1. The smallest absolute Gasteiger partial charge is 0.129 e. The van der Waals surface area contributed by atoms with Crippen LogP contribution in [0.25, 0.3) is 0 Å². The summed E-state index contributed by atoms with van der Waals surface area (Å²) in [6.07, 6.45) is 2.67. The summed E-state index contributed by atoms with van der Waals surface area (Å²) in [5, 5.41) is 8.97. The summed E-state index contributed by atoms with van der Waals surface area (Å²) >= 11 is 0. The Hall–Kier alpha value is -0.263. The first kappa shape index (κ1) is 11.7. The third-order valence-electron chi connectivity index (χ3n) is 1.39. The van der Waals surface area contributed by atoms with E-state index in [1.54, 1.807) is 0 Å². The maximum Gasteiger partial charge on any atom is 0.129 e. The molecule has 2 heteroatoms. The average Bonchev–Trinajstić information content (AvgIpc) is 1.83. The minimum atomic E-state index is -1.16. The van der Waals surface area contributed by atoms with Crippen molar-refractivity contribution in [3.63, 3.8) is 0 Å². The van der Waals surface area contributed by atoms with Gasteiger partial charge in [0, 0.05) is 6.42 Å². The summed E-state index contributed by atoms with van der Waals surface area (Å²) in [6.45, 7) is 8.56. The van der Waals surface area contributed by atoms with Gasteiger partial charge < -0.3 is 5.11 Å². The SMILES string of the molecule is C[C@H](O)CCCC#C[Si](C)(C)C. The summed E-state index contributed by atoms with van der Waals surface area (Å²) in [5.41, 5.74) is 3.30. The minimum Gasteiger partial charge on any atom is -0.393 e. The van der Waals surface area contributed by atoms with Gasteiger partial charge in [0.05, 0.1) is 6.10 Å². The fourth-order valence-corrected chi connectivity index (χ4v) is 1.47. The highest BCUT2D eigenvalue weighted by Gasteiger charge is 2.06. The summed E-state index contributed by atoms with van der Waals surface area (Å²) < 4.78 is 0. The van der Waals surface area contributed by atoms with E-state index in [9.17, 15) is 0 Å². The van der Waals surface area contributed by atoms with Crippen LogP contribution in [0.4, 0.5) is 0 Å². The number of aliphatic hydroxyl groups is 1. The van der Waals surface area contributed by atoms with Gasteiger partial charge in [-0.15, -0.1) is 11.5 Å². The molecule has 0 radical (unpaired) electrons. The molecule has 0 saturated carbocycles. The number of rotatable bonds is 3. The molecule has 0 aromatic carbocycles. The monoisotopic (exact) mass is 184 g/mol. The first-order chi connectivity index (χ1) is 5.42. The molecule has 0 aliphatic heterocycles. The zero-order chi connectivity index (χ0) is 9.61. The van der Waals surface area contributed by atoms with E-state index in [4.69, 9.17) is 5.11 Å². The Labute approximate surface area is 77.2 Å². The maximum absolute atomic E-state index is 8.97. The standard InChI is InChI=1S/C10H20OSi/c1-10(11)8-6-5-7-9-12(2,3)4/h10-11H,5-6,8H2,1-4H3/t10-/m0/s1. The Morgan fingerprint density at radius 1 is 1.33 bits per heavy atom. The molecule has 0 aromatic heterocycles. The highest BCUT2D eigenvalue weighted by Crippen LogP contribution is 2.00. The van der Waals surface area contributed by atoms with E-state index in [0.29, 0.717) is 0 Å². The van der Waals surface area contributed by atoms with Crippen molar-refractivity contribution in [2.75, 3.05) is 0 Å². The lowest BCUT2D eigenvalue weighted by atomic mass is 10.2. The Morgan fingerprint density at radius 3 is 2.33 bits per heavy atom. The zero-order valence-electron chi connectivity index (χ0n) is 8.65. The molecule has 0 amide bonds. The van der Waals surface area contributed by atoms with Crippen LogP contribution in [0.5, 0.6) is 0 Å². The first-order valence-corrected chi connectivity index (χ1v) is 8.10. The zero-order valence-corrected chi connectivity index (χ0v) is 9.65. The first-order valence-electron chi connectivity index (χ1n) is 4.60. The molecule has 0 aromatic rings. The molecule has 0 saturated heterocycles. The average molecular weight is 184 g/mol.